The van der Waals surface area contributed by atoms with Crippen LogP contribution < -0.4 is 20.0 Å². The Labute approximate surface area is 175 Å². The van der Waals surface area contributed by atoms with Gasteiger partial charge >= 0.3 is 0 Å². The molecule has 0 saturated heterocycles. The van der Waals surface area contributed by atoms with Crippen LogP contribution in [0.2, 0.25) is 0 Å². The molecule has 1 atom stereocenters. The van der Waals surface area contributed by atoms with Crippen LogP contribution >= 0.6 is 11.3 Å². The van der Waals surface area contributed by atoms with Gasteiger partial charge in [-0.15, -0.1) is 11.3 Å². The van der Waals surface area contributed by atoms with E-state index >= 15 is 0 Å². The van der Waals surface area contributed by atoms with Crippen LogP contribution in [0.4, 0.5) is 0 Å². The predicted molar refractivity (Wildman–Crippen MR) is 109 cm³/mol. The lowest BCUT2D eigenvalue weighted by Crippen LogP contribution is -2.41. The van der Waals surface area contributed by atoms with E-state index in [9.17, 15) is 9.59 Å². The zero-order valence-electron chi connectivity index (χ0n) is 15.9. The van der Waals surface area contributed by atoms with Gasteiger partial charge in [0, 0.05) is 22.7 Å². The molecule has 152 valence electrons. The molecule has 7 nitrogen and oxygen atoms in total. The van der Waals surface area contributed by atoms with Gasteiger partial charge in [-0.05, 0) is 29.6 Å². The third kappa shape index (κ3) is 3.61. The lowest BCUT2D eigenvalue weighted by Gasteiger charge is -2.25. The molecule has 0 bridgehead atoms. The van der Waals surface area contributed by atoms with Gasteiger partial charge in [0.15, 0.2) is 17.3 Å². The van der Waals surface area contributed by atoms with Crippen LogP contribution in [0.1, 0.15) is 15.4 Å². The summed E-state index contributed by atoms with van der Waals surface area (Å²) in [6.45, 7) is 1.55. The quantitative estimate of drug-likeness (QED) is 0.628. The first-order valence-electron chi connectivity index (χ1n) is 9.56. The van der Waals surface area contributed by atoms with Crippen LogP contribution in [0.5, 0.6) is 11.5 Å². The fourth-order valence-electron chi connectivity index (χ4n) is 3.55. The van der Waals surface area contributed by atoms with Crippen LogP contribution in [0.3, 0.4) is 0 Å². The van der Waals surface area contributed by atoms with Gasteiger partial charge in [0.1, 0.15) is 13.2 Å². The molecule has 4 heterocycles. The normalized spacial score (nSPS) is 16.9. The van der Waals surface area contributed by atoms with Gasteiger partial charge in [0.2, 0.25) is 0 Å². The Morgan fingerprint density at radius 2 is 2.00 bits per heavy atom. The zero-order chi connectivity index (χ0) is 20.5. The second-order valence-corrected chi connectivity index (χ2v) is 8.05. The first kappa shape index (κ1) is 18.6. The minimum atomic E-state index is -0.557. The Kier molecular flexibility index (Phi) is 4.84. The van der Waals surface area contributed by atoms with Crippen molar-refractivity contribution in [2.45, 2.75) is 6.54 Å². The van der Waals surface area contributed by atoms with Crippen molar-refractivity contribution in [3.63, 3.8) is 0 Å². The molecule has 2 amide bonds. The lowest BCUT2D eigenvalue weighted by atomic mass is 10.0. The Bertz CT molecular complexity index is 1200. The zero-order valence-corrected chi connectivity index (χ0v) is 16.8. The Balaban J connectivity index is 1.46. The molecule has 2 aliphatic heterocycles. The molecule has 0 spiro atoms. The Morgan fingerprint density at radius 1 is 1.17 bits per heavy atom. The van der Waals surface area contributed by atoms with Gasteiger partial charge in [-0.2, -0.15) is 0 Å². The third-order valence-corrected chi connectivity index (χ3v) is 5.84. The molecule has 0 saturated carbocycles. The number of thiophene rings is 1. The maximum atomic E-state index is 13.0. The average molecular weight is 422 g/mol. The fraction of sp³-hybridized carbons (Fsp3) is 0.227. The molecule has 2 aromatic heterocycles. The summed E-state index contributed by atoms with van der Waals surface area (Å²) < 4.78 is 16.5. The van der Waals surface area contributed by atoms with E-state index in [1.54, 1.807) is 34.4 Å². The number of ether oxygens (including phenoxy) is 2. The topological polar surface area (TPSA) is 81.3 Å². The van der Waals surface area contributed by atoms with Crippen molar-refractivity contribution in [3.8, 4) is 11.5 Å². The number of hydrogen-bond donors (Lipinski definition) is 0. The molecule has 2 aliphatic rings. The molecule has 8 heteroatoms. The number of amides is 2. The van der Waals surface area contributed by atoms with Gasteiger partial charge < -0.3 is 18.8 Å². The summed E-state index contributed by atoms with van der Waals surface area (Å²) in [5, 5.41) is 3.31. The largest absolute Gasteiger partial charge is 0.486 e. The number of hydrogen-bond acceptors (Lipinski definition) is 6. The molecule has 1 aromatic carbocycles. The molecular weight excluding hydrogens is 404 g/mol. The molecule has 5 rings (SSSR count). The number of rotatable bonds is 5. The Hall–Kier alpha value is -3.39. The van der Waals surface area contributed by atoms with E-state index in [1.807, 2.05) is 29.7 Å². The highest BCUT2D eigenvalue weighted by Gasteiger charge is 2.27. The molecule has 30 heavy (non-hydrogen) atoms. The highest BCUT2D eigenvalue weighted by atomic mass is 32.1. The van der Waals surface area contributed by atoms with Crippen molar-refractivity contribution in [2.75, 3.05) is 19.8 Å². The van der Waals surface area contributed by atoms with Crippen molar-refractivity contribution < 1.29 is 23.5 Å². The van der Waals surface area contributed by atoms with Gasteiger partial charge in [-0.1, -0.05) is 12.1 Å². The average Bonchev–Trinajstić information content (AvgIpc) is 3.46. The molecule has 0 N–H and O–H groups in total. The van der Waals surface area contributed by atoms with E-state index in [1.165, 1.54) is 6.26 Å². The van der Waals surface area contributed by atoms with Crippen molar-refractivity contribution in [1.29, 1.82) is 0 Å². The number of furan rings is 1. The Morgan fingerprint density at radius 3 is 2.73 bits per heavy atom. The van der Waals surface area contributed by atoms with Crippen LogP contribution in [0, 0.1) is 5.92 Å². The highest BCUT2D eigenvalue weighted by Crippen LogP contribution is 2.26. The maximum Gasteiger partial charge on any atom is 0.289 e. The molecule has 0 aliphatic carbocycles. The minimum absolute atomic E-state index is 0.202. The van der Waals surface area contributed by atoms with Crippen LogP contribution in [-0.2, 0) is 11.3 Å². The molecule has 1 unspecified atom stereocenters. The number of fused-ring (bicyclic) bond motifs is 2. The summed E-state index contributed by atoms with van der Waals surface area (Å²) in [6.07, 6.45) is 3.31. The summed E-state index contributed by atoms with van der Waals surface area (Å²) in [5.41, 5.74) is 0. The van der Waals surface area contributed by atoms with Gasteiger partial charge in [0.25, 0.3) is 11.8 Å². The van der Waals surface area contributed by atoms with E-state index in [-0.39, 0.29) is 24.1 Å². The van der Waals surface area contributed by atoms with E-state index in [0.717, 1.165) is 10.1 Å². The standard InChI is InChI=1S/C22H18N2O5S/c25-21-15(9-14-10-19-20(11-17(14)23-21)29-7-6-28-19)12-24(13-16-3-2-8-30-16)22(26)18-4-1-5-27-18/h1-5,8-11,15H,6-7,12-13H2. The second kappa shape index (κ2) is 7.79. The monoisotopic (exact) mass is 422 g/mol. The summed E-state index contributed by atoms with van der Waals surface area (Å²) in [7, 11) is 0. The molecule has 0 fully saturated rings. The maximum absolute atomic E-state index is 13.0. The number of carbonyl (C=O) groups excluding carboxylic acids is 2. The van der Waals surface area contributed by atoms with Crippen molar-refractivity contribution in [2.24, 2.45) is 10.9 Å². The number of nitrogens with zero attached hydrogens (tertiary/aromatic N) is 2. The van der Waals surface area contributed by atoms with Gasteiger partial charge in [-0.3, -0.25) is 9.59 Å². The van der Waals surface area contributed by atoms with Crippen molar-refractivity contribution in [1.82, 2.24) is 4.90 Å². The number of carbonyl (C=O) groups is 2. The predicted octanol–water partition coefficient (Wildman–Crippen LogP) is 2.01. The van der Waals surface area contributed by atoms with Gasteiger partial charge in [-0.25, -0.2) is 4.99 Å². The van der Waals surface area contributed by atoms with Crippen molar-refractivity contribution >= 4 is 29.2 Å². The first-order chi connectivity index (χ1) is 14.7. The summed E-state index contributed by atoms with van der Waals surface area (Å²) in [6, 6.07) is 10.8. The van der Waals surface area contributed by atoms with Crippen molar-refractivity contribution in [3.05, 3.63) is 69.3 Å². The molecule has 0 radical (unpaired) electrons. The first-order valence-corrected chi connectivity index (χ1v) is 10.4. The third-order valence-electron chi connectivity index (χ3n) is 4.98. The summed E-state index contributed by atoms with van der Waals surface area (Å²) in [4.78, 5) is 32.6. The lowest BCUT2D eigenvalue weighted by molar-refractivity contribution is -0.120. The molecule has 3 aromatic rings. The smallest absolute Gasteiger partial charge is 0.289 e. The van der Waals surface area contributed by atoms with E-state index in [4.69, 9.17) is 13.9 Å². The second-order valence-electron chi connectivity index (χ2n) is 7.02. The van der Waals surface area contributed by atoms with E-state index < -0.39 is 5.92 Å². The molecular formula is C22H18N2O5S. The van der Waals surface area contributed by atoms with Crippen LogP contribution in [0.15, 0.2) is 57.5 Å². The summed E-state index contributed by atoms with van der Waals surface area (Å²) in [5.74, 6) is 0.369. The van der Waals surface area contributed by atoms with Gasteiger partial charge in [0.05, 0.1) is 24.1 Å². The van der Waals surface area contributed by atoms with Crippen LogP contribution in [0.25, 0.3) is 6.08 Å². The number of benzene rings is 1. The minimum Gasteiger partial charge on any atom is -0.486 e. The van der Waals surface area contributed by atoms with Crippen LogP contribution in [-0.4, -0.2) is 36.5 Å². The fourth-order valence-corrected chi connectivity index (χ4v) is 4.27. The summed E-state index contributed by atoms with van der Waals surface area (Å²) >= 11 is 1.56. The SMILES string of the molecule is O=C1N=c2cc3c(cc2=CC1CN(Cc1cccs1)C(=O)c1ccco1)OCCO3. The van der Waals surface area contributed by atoms with E-state index in [0.29, 0.717) is 36.6 Å². The van der Waals surface area contributed by atoms with E-state index in [2.05, 4.69) is 4.99 Å². The highest BCUT2D eigenvalue weighted by molar-refractivity contribution is 7.09.